The molecule has 0 saturated heterocycles. The average Bonchev–Trinajstić information content (AvgIpc) is 2.79. The molecule has 102 valence electrons. The molecule has 0 aliphatic carbocycles. The van der Waals surface area contributed by atoms with Crippen molar-refractivity contribution in [2.24, 2.45) is 5.92 Å². The second kappa shape index (κ2) is 6.92. The van der Waals surface area contributed by atoms with Gasteiger partial charge in [-0.15, -0.1) is 0 Å². The van der Waals surface area contributed by atoms with Crippen LogP contribution in [0, 0.1) is 5.92 Å². The van der Waals surface area contributed by atoms with Gasteiger partial charge in [-0.05, 0) is 41.8 Å². The number of nitrogens with zero attached hydrogens (tertiary/aromatic N) is 1. The van der Waals surface area contributed by atoms with Crippen LogP contribution in [0.3, 0.4) is 0 Å². The van der Waals surface area contributed by atoms with Gasteiger partial charge in [-0.3, -0.25) is 0 Å². The van der Waals surface area contributed by atoms with E-state index in [-0.39, 0.29) is 0 Å². The monoisotopic (exact) mass is 320 g/mol. The average molecular weight is 321 g/mol. The van der Waals surface area contributed by atoms with Crippen molar-refractivity contribution in [1.29, 1.82) is 0 Å². The maximum absolute atomic E-state index is 3.47. The Bertz CT molecular complexity index is 500. The van der Waals surface area contributed by atoms with Crippen LogP contribution in [0.5, 0.6) is 0 Å². The Morgan fingerprint density at radius 1 is 1.11 bits per heavy atom. The van der Waals surface area contributed by atoms with Gasteiger partial charge in [0, 0.05) is 30.0 Å². The molecule has 0 radical (unpaired) electrons. The maximum atomic E-state index is 3.47. The van der Waals surface area contributed by atoms with Crippen molar-refractivity contribution >= 4 is 15.9 Å². The van der Waals surface area contributed by atoms with Gasteiger partial charge in [0.25, 0.3) is 0 Å². The third-order valence-corrected chi connectivity index (χ3v) is 3.50. The Hall–Kier alpha value is -1.06. The summed E-state index contributed by atoms with van der Waals surface area (Å²) in [4.78, 5) is 0. The molecule has 2 aromatic rings. The van der Waals surface area contributed by atoms with E-state index in [0.29, 0.717) is 5.92 Å². The molecule has 0 fully saturated rings. The van der Waals surface area contributed by atoms with Gasteiger partial charge in [0.1, 0.15) is 0 Å². The number of aromatic nitrogens is 1. The molecule has 0 amide bonds. The zero-order chi connectivity index (χ0) is 13.7. The summed E-state index contributed by atoms with van der Waals surface area (Å²) in [7, 11) is 0. The fourth-order valence-corrected chi connectivity index (χ4v) is 2.26. The van der Waals surface area contributed by atoms with E-state index < -0.39 is 0 Å². The topological polar surface area (TPSA) is 17.0 Å². The van der Waals surface area contributed by atoms with E-state index in [4.69, 9.17) is 0 Å². The SMILES string of the molecule is CC(C)CNCc1ccn(Cc2ccc(Br)cc2)c1. The fourth-order valence-electron chi connectivity index (χ4n) is 2.00. The predicted octanol–water partition coefficient (Wildman–Crippen LogP) is 4.04. The highest BCUT2D eigenvalue weighted by Crippen LogP contribution is 2.12. The van der Waals surface area contributed by atoms with Gasteiger partial charge in [0.05, 0.1) is 0 Å². The standard InChI is InChI=1S/C16H21BrN2/c1-13(2)9-18-10-15-7-8-19(12-15)11-14-3-5-16(17)6-4-14/h3-8,12-13,18H,9-11H2,1-2H3. The summed E-state index contributed by atoms with van der Waals surface area (Å²) < 4.78 is 3.36. The minimum Gasteiger partial charge on any atom is -0.350 e. The second-order valence-corrected chi connectivity index (χ2v) is 6.26. The number of nitrogens with one attached hydrogen (secondary N) is 1. The van der Waals surface area contributed by atoms with Crippen LogP contribution in [-0.4, -0.2) is 11.1 Å². The Balaban J connectivity index is 1.88. The lowest BCUT2D eigenvalue weighted by atomic mass is 10.2. The van der Waals surface area contributed by atoms with Crippen LogP contribution >= 0.6 is 15.9 Å². The van der Waals surface area contributed by atoms with Gasteiger partial charge >= 0.3 is 0 Å². The van der Waals surface area contributed by atoms with Crippen LogP contribution in [0.4, 0.5) is 0 Å². The van der Waals surface area contributed by atoms with Crippen molar-refractivity contribution in [3.8, 4) is 0 Å². The Labute approximate surface area is 124 Å². The number of hydrogen-bond acceptors (Lipinski definition) is 1. The summed E-state index contributed by atoms with van der Waals surface area (Å²) in [5.41, 5.74) is 2.67. The Morgan fingerprint density at radius 3 is 2.53 bits per heavy atom. The summed E-state index contributed by atoms with van der Waals surface area (Å²) in [6.45, 7) is 7.40. The van der Waals surface area contributed by atoms with Crippen LogP contribution in [0.2, 0.25) is 0 Å². The molecule has 0 unspecified atom stereocenters. The first-order chi connectivity index (χ1) is 9.13. The molecule has 1 heterocycles. The van der Waals surface area contributed by atoms with Gasteiger partial charge in [-0.2, -0.15) is 0 Å². The molecule has 2 nitrogen and oxygen atoms in total. The molecule has 1 aromatic heterocycles. The van der Waals surface area contributed by atoms with Crippen LogP contribution < -0.4 is 5.32 Å². The van der Waals surface area contributed by atoms with Crippen LogP contribution in [0.1, 0.15) is 25.0 Å². The number of halogens is 1. The Morgan fingerprint density at radius 2 is 1.84 bits per heavy atom. The van der Waals surface area contributed by atoms with Crippen molar-refractivity contribution in [2.75, 3.05) is 6.54 Å². The molecule has 2 rings (SSSR count). The molecule has 0 atom stereocenters. The van der Waals surface area contributed by atoms with Crippen LogP contribution in [-0.2, 0) is 13.1 Å². The summed E-state index contributed by atoms with van der Waals surface area (Å²) >= 11 is 3.46. The summed E-state index contributed by atoms with van der Waals surface area (Å²) in [6, 6.07) is 10.7. The first kappa shape index (κ1) is 14.4. The first-order valence-corrected chi connectivity index (χ1v) is 7.52. The lowest BCUT2D eigenvalue weighted by molar-refractivity contribution is 0.552. The maximum Gasteiger partial charge on any atom is 0.0470 e. The van der Waals surface area contributed by atoms with E-state index in [9.17, 15) is 0 Å². The van der Waals surface area contributed by atoms with Crippen molar-refractivity contribution in [1.82, 2.24) is 9.88 Å². The molecule has 1 N–H and O–H groups in total. The van der Waals surface area contributed by atoms with Crippen molar-refractivity contribution in [2.45, 2.75) is 26.9 Å². The largest absolute Gasteiger partial charge is 0.350 e. The minimum absolute atomic E-state index is 0.699. The van der Waals surface area contributed by atoms with Gasteiger partial charge in [0.15, 0.2) is 0 Å². The van der Waals surface area contributed by atoms with Gasteiger partial charge in [-0.25, -0.2) is 0 Å². The molecule has 0 bridgehead atoms. The van der Waals surface area contributed by atoms with E-state index in [0.717, 1.165) is 24.1 Å². The smallest absolute Gasteiger partial charge is 0.0470 e. The summed E-state index contributed by atoms with van der Waals surface area (Å²) in [6.07, 6.45) is 4.36. The van der Waals surface area contributed by atoms with Crippen molar-refractivity contribution in [3.05, 3.63) is 58.3 Å². The van der Waals surface area contributed by atoms with Crippen molar-refractivity contribution in [3.63, 3.8) is 0 Å². The van der Waals surface area contributed by atoms with Crippen LogP contribution in [0.25, 0.3) is 0 Å². The third-order valence-electron chi connectivity index (χ3n) is 2.97. The molecule has 0 spiro atoms. The molecular weight excluding hydrogens is 300 g/mol. The molecular formula is C16H21BrN2. The van der Waals surface area contributed by atoms with E-state index in [1.807, 2.05) is 0 Å². The molecule has 3 heteroatoms. The zero-order valence-electron chi connectivity index (χ0n) is 11.6. The number of benzene rings is 1. The Kier molecular flexibility index (Phi) is 5.23. The molecule has 0 saturated carbocycles. The second-order valence-electron chi connectivity index (χ2n) is 5.34. The van der Waals surface area contributed by atoms with Crippen molar-refractivity contribution < 1.29 is 0 Å². The quantitative estimate of drug-likeness (QED) is 0.849. The van der Waals surface area contributed by atoms with E-state index in [1.54, 1.807) is 0 Å². The first-order valence-electron chi connectivity index (χ1n) is 6.73. The third kappa shape index (κ3) is 4.84. The zero-order valence-corrected chi connectivity index (χ0v) is 13.2. The highest BCUT2D eigenvalue weighted by atomic mass is 79.9. The van der Waals surface area contributed by atoms with Crippen LogP contribution in [0.15, 0.2) is 47.2 Å². The van der Waals surface area contributed by atoms with E-state index in [2.05, 4.69) is 82.4 Å². The lowest BCUT2D eigenvalue weighted by Gasteiger charge is -2.06. The fraction of sp³-hybridized carbons (Fsp3) is 0.375. The van der Waals surface area contributed by atoms with Gasteiger partial charge < -0.3 is 9.88 Å². The highest BCUT2D eigenvalue weighted by Gasteiger charge is 1.99. The summed E-state index contributed by atoms with van der Waals surface area (Å²) in [5.74, 6) is 0.699. The molecule has 19 heavy (non-hydrogen) atoms. The molecule has 0 aliphatic heterocycles. The molecule has 1 aromatic carbocycles. The lowest BCUT2D eigenvalue weighted by Crippen LogP contribution is -2.18. The number of hydrogen-bond donors (Lipinski definition) is 1. The number of rotatable bonds is 6. The highest BCUT2D eigenvalue weighted by molar-refractivity contribution is 9.10. The predicted molar refractivity (Wildman–Crippen MR) is 84.2 cm³/mol. The van der Waals surface area contributed by atoms with E-state index >= 15 is 0 Å². The van der Waals surface area contributed by atoms with E-state index in [1.165, 1.54) is 11.1 Å². The minimum atomic E-state index is 0.699. The van der Waals surface area contributed by atoms with Gasteiger partial charge in [-0.1, -0.05) is 41.9 Å². The van der Waals surface area contributed by atoms with Gasteiger partial charge in [0.2, 0.25) is 0 Å². The summed E-state index contributed by atoms with van der Waals surface area (Å²) in [5, 5.41) is 3.47. The molecule has 0 aliphatic rings. The normalized spacial score (nSPS) is 11.2.